The Kier molecular flexibility index (Phi) is 8.24. The average molecular weight is 504 g/mol. The van der Waals surface area contributed by atoms with Gasteiger partial charge in [-0.1, -0.05) is 44.2 Å². The first-order valence-electron chi connectivity index (χ1n) is 12.6. The number of carbonyl (C=O) groups excluding carboxylic acids is 2. The number of pyridine rings is 1. The lowest BCUT2D eigenvalue weighted by Crippen LogP contribution is -2.28. The van der Waals surface area contributed by atoms with Gasteiger partial charge in [-0.15, -0.1) is 0 Å². The molecule has 2 aromatic carbocycles. The molecule has 0 amide bonds. The topological polar surface area (TPSA) is 83.8 Å². The molecule has 1 atom stereocenters. The molecule has 0 N–H and O–H groups in total. The predicted octanol–water partition coefficient (Wildman–Crippen LogP) is 5.24. The molecular formula is C30H33NO6. The second-order valence-corrected chi connectivity index (χ2v) is 9.68. The van der Waals surface area contributed by atoms with Gasteiger partial charge in [-0.3, -0.25) is 9.59 Å². The van der Waals surface area contributed by atoms with Crippen LogP contribution in [0.25, 0.3) is 11.3 Å². The first-order chi connectivity index (χ1) is 17.8. The monoisotopic (exact) mass is 503 g/mol. The van der Waals surface area contributed by atoms with E-state index in [-0.39, 0.29) is 35.3 Å². The number of Topliss-reactive ketones (excluding diaryl/α,β-unsaturated/α-hetero) is 1. The van der Waals surface area contributed by atoms with Crippen LogP contribution in [0.4, 0.5) is 0 Å². The summed E-state index contributed by atoms with van der Waals surface area (Å²) in [5.41, 5.74) is 3.43. The molecule has 4 rings (SSSR count). The molecule has 0 fully saturated rings. The predicted molar refractivity (Wildman–Crippen MR) is 141 cm³/mol. The molecule has 0 spiro atoms. The molecule has 7 heteroatoms. The highest BCUT2D eigenvalue weighted by Crippen LogP contribution is 2.40. The molecule has 37 heavy (non-hydrogen) atoms. The van der Waals surface area contributed by atoms with Crippen molar-refractivity contribution in [3.05, 3.63) is 87.2 Å². The summed E-state index contributed by atoms with van der Waals surface area (Å²) < 4.78 is 18.8. The number of hydrogen-bond acceptors (Lipinski definition) is 6. The largest absolute Gasteiger partial charge is 0.493 e. The van der Waals surface area contributed by atoms with Crippen molar-refractivity contribution in [3.63, 3.8) is 0 Å². The van der Waals surface area contributed by atoms with Crippen LogP contribution < -0.4 is 10.2 Å². The number of nitrogens with zero attached hydrogens (tertiary/aromatic N) is 1. The SMILES string of the molecule is COCCCOc1cc2c(cc1C(=O)OCc1ccccc1)-c1cc(=O)c(C(C)=O)cn1C(C(C)C)C2. The number of aromatic nitrogens is 1. The third-order valence-corrected chi connectivity index (χ3v) is 6.68. The van der Waals surface area contributed by atoms with E-state index in [2.05, 4.69) is 13.8 Å². The van der Waals surface area contributed by atoms with E-state index < -0.39 is 5.97 Å². The standard InChI is InChI=1S/C30H33NO6/c1-19(2)26-13-22-14-29(36-12-8-11-35-4)24(30(34)37-18-21-9-6-5-7-10-21)15-23(22)27-16-28(33)25(20(3)32)17-31(26)27/h5-7,9-10,14-17,19,26H,8,11-13,18H2,1-4H3. The average Bonchev–Trinajstić information content (AvgIpc) is 2.88. The van der Waals surface area contributed by atoms with Crippen molar-refractivity contribution >= 4 is 11.8 Å². The van der Waals surface area contributed by atoms with Crippen molar-refractivity contribution in [1.29, 1.82) is 0 Å². The van der Waals surface area contributed by atoms with Crippen LogP contribution in [0.3, 0.4) is 0 Å². The summed E-state index contributed by atoms with van der Waals surface area (Å²) in [5.74, 6) is -0.0745. The van der Waals surface area contributed by atoms with E-state index in [4.69, 9.17) is 14.2 Å². The number of methoxy groups -OCH3 is 1. The van der Waals surface area contributed by atoms with Crippen LogP contribution in [-0.4, -0.2) is 36.6 Å². The number of esters is 1. The maximum atomic E-state index is 13.3. The van der Waals surface area contributed by atoms with Gasteiger partial charge in [0, 0.05) is 44.0 Å². The molecule has 0 saturated heterocycles. The summed E-state index contributed by atoms with van der Waals surface area (Å²) >= 11 is 0. The van der Waals surface area contributed by atoms with Gasteiger partial charge in [0.1, 0.15) is 17.9 Å². The lowest BCUT2D eigenvalue weighted by atomic mass is 9.86. The molecule has 2 heterocycles. The third-order valence-electron chi connectivity index (χ3n) is 6.68. The molecule has 1 unspecified atom stereocenters. The van der Waals surface area contributed by atoms with Crippen LogP contribution in [0.1, 0.15) is 65.1 Å². The van der Waals surface area contributed by atoms with Crippen molar-refractivity contribution in [2.75, 3.05) is 20.3 Å². The van der Waals surface area contributed by atoms with Gasteiger partial charge in [0.05, 0.1) is 17.9 Å². The summed E-state index contributed by atoms with van der Waals surface area (Å²) in [5, 5.41) is 0. The number of carbonyl (C=O) groups is 2. The maximum absolute atomic E-state index is 13.3. The second-order valence-electron chi connectivity index (χ2n) is 9.68. The fourth-order valence-electron chi connectivity index (χ4n) is 4.68. The van der Waals surface area contributed by atoms with Crippen LogP contribution in [0.2, 0.25) is 0 Å². The van der Waals surface area contributed by atoms with E-state index in [1.165, 1.54) is 13.0 Å². The van der Waals surface area contributed by atoms with E-state index >= 15 is 0 Å². The highest BCUT2D eigenvalue weighted by Gasteiger charge is 2.30. The normalized spacial score (nSPS) is 14.1. The number of rotatable bonds is 10. The number of ether oxygens (including phenoxy) is 3. The number of fused-ring (bicyclic) bond motifs is 3. The third kappa shape index (κ3) is 5.83. The summed E-state index contributed by atoms with van der Waals surface area (Å²) in [6.07, 6.45) is 3.01. The molecule has 0 saturated carbocycles. The molecule has 1 aliphatic rings. The second kappa shape index (κ2) is 11.6. The number of hydrogen-bond donors (Lipinski definition) is 0. The summed E-state index contributed by atoms with van der Waals surface area (Å²) in [7, 11) is 1.63. The number of ketones is 1. The van der Waals surface area contributed by atoms with Crippen molar-refractivity contribution in [2.45, 2.75) is 46.3 Å². The molecule has 1 aliphatic heterocycles. The Labute approximate surface area is 217 Å². The van der Waals surface area contributed by atoms with E-state index in [9.17, 15) is 14.4 Å². The van der Waals surface area contributed by atoms with E-state index in [0.29, 0.717) is 43.1 Å². The van der Waals surface area contributed by atoms with Crippen LogP contribution in [0.5, 0.6) is 5.75 Å². The molecule has 0 bridgehead atoms. The summed E-state index contributed by atoms with van der Waals surface area (Å²) in [6, 6.07) is 14.7. The molecule has 1 aromatic heterocycles. The molecule has 0 radical (unpaired) electrons. The Bertz CT molecular complexity index is 1340. The number of benzene rings is 2. The minimum absolute atomic E-state index is 0.0402. The Balaban J connectivity index is 1.78. The zero-order valence-electron chi connectivity index (χ0n) is 21.8. The van der Waals surface area contributed by atoms with Crippen molar-refractivity contribution in [2.24, 2.45) is 5.92 Å². The molecule has 194 valence electrons. The Morgan fingerprint density at radius 3 is 2.49 bits per heavy atom. The van der Waals surface area contributed by atoms with Gasteiger partial charge in [0.15, 0.2) is 11.2 Å². The summed E-state index contributed by atoms with van der Waals surface area (Å²) in [4.78, 5) is 38.2. The quantitative estimate of drug-likeness (QED) is 0.214. The Morgan fingerprint density at radius 1 is 1.05 bits per heavy atom. The van der Waals surface area contributed by atoms with Gasteiger partial charge in [0.25, 0.3) is 0 Å². The molecule has 3 aromatic rings. The lowest BCUT2D eigenvalue weighted by molar-refractivity contribution is 0.0467. The van der Waals surface area contributed by atoms with Gasteiger partial charge in [-0.25, -0.2) is 4.79 Å². The minimum Gasteiger partial charge on any atom is -0.493 e. The van der Waals surface area contributed by atoms with Crippen LogP contribution in [-0.2, 0) is 22.5 Å². The zero-order valence-corrected chi connectivity index (χ0v) is 21.8. The van der Waals surface area contributed by atoms with Gasteiger partial charge >= 0.3 is 5.97 Å². The van der Waals surface area contributed by atoms with Gasteiger partial charge < -0.3 is 18.8 Å². The van der Waals surface area contributed by atoms with Gasteiger partial charge in [0.2, 0.25) is 0 Å². The van der Waals surface area contributed by atoms with Gasteiger partial charge in [-0.2, -0.15) is 0 Å². The van der Waals surface area contributed by atoms with Crippen LogP contribution in [0, 0.1) is 5.92 Å². The van der Waals surface area contributed by atoms with Crippen LogP contribution >= 0.6 is 0 Å². The zero-order chi connectivity index (χ0) is 26.5. The Hall–Kier alpha value is -3.71. The first-order valence-corrected chi connectivity index (χ1v) is 12.6. The lowest BCUT2D eigenvalue weighted by Gasteiger charge is -2.34. The fourth-order valence-corrected chi connectivity index (χ4v) is 4.68. The van der Waals surface area contributed by atoms with Gasteiger partial charge in [-0.05, 0) is 42.5 Å². The summed E-state index contributed by atoms with van der Waals surface area (Å²) in [6.45, 7) is 6.69. The first kappa shape index (κ1) is 26.4. The molecule has 7 nitrogen and oxygen atoms in total. The minimum atomic E-state index is -0.506. The molecule has 0 aliphatic carbocycles. The maximum Gasteiger partial charge on any atom is 0.342 e. The smallest absolute Gasteiger partial charge is 0.342 e. The Morgan fingerprint density at radius 2 is 1.81 bits per heavy atom. The van der Waals surface area contributed by atoms with E-state index in [1.807, 2.05) is 41.0 Å². The fraction of sp³-hybridized carbons (Fsp3) is 0.367. The van der Waals surface area contributed by atoms with Crippen molar-refractivity contribution in [1.82, 2.24) is 4.57 Å². The van der Waals surface area contributed by atoms with Crippen LogP contribution in [0.15, 0.2) is 59.5 Å². The highest BCUT2D eigenvalue weighted by atomic mass is 16.5. The van der Waals surface area contributed by atoms with E-state index in [1.54, 1.807) is 19.4 Å². The highest BCUT2D eigenvalue weighted by molar-refractivity contribution is 5.96. The van der Waals surface area contributed by atoms with E-state index in [0.717, 1.165) is 16.7 Å². The van der Waals surface area contributed by atoms with Crippen molar-refractivity contribution in [3.8, 4) is 17.0 Å². The molecular weight excluding hydrogens is 470 g/mol. The van der Waals surface area contributed by atoms with Crippen molar-refractivity contribution < 1.29 is 23.8 Å².